The molecule has 1 aromatic carbocycles. The molecule has 0 saturated carbocycles. The Morgan fingerprint density at radius 3 is 2.60 bits per heavy atom. The molecule has 25 heavy (non-hydrogen) atoms. The molecular weight excluding hydrogens is 319 g/mol. The molecule has 1 aliphatic rings. The summed E-state index contributed by atoms with van der Waals surface area (Å²) in [7, 11) is 0. The number of nitrogens with one attached hydrogen (secondary N) is 1. The predicted molar refractivity (Wildman–Crippen MR) is 93.3 cm³/mol. The first-order valence-electron chi connectivity index (χ1n) is 8.37. The molecule has 2 N–H and O–H groups in total. The van der Waals surface area contributed by atoms with Crippen LogP contribution in [0.15, 0.2) is 48.8 Å². The Balaban J connectivity index is 1.92. The SMILES string of the molecule is OCCC1CNCc2c(-c3ccncc3)c(-c3ccc(F)cc3)nn21. The number of aliphatic hydroxyl groups is 1. The van der Waals surface area contributed by atoms with E-state index in [4.69, 9.17) is 5.10 Å². The van der Waals surface area contributed by atoms with Crippen molar-refractivity contribution in [2.75, 3.05) is 13.2 Å². The van der Waals surface area contributed by atoms with Crippen LogP contribution in [0.4, 0.5) is 4.39 Å². The lowest BCUT2D eigenvalue weighted by Gasteiger charge is -2.25. The zero-order chi connectivity index (χ0) is 17.2. The molecule has 3 heterocycles. The first-order chi connectivity index (χ1) is 12.3. The standard InChI is InChI=1S/C19H19FN4O/c20-15-3-1-14(2-4-15)19-18(13-5-8-21-9-6-13)17-12-22-11-16(7-10-25)24(17)23-19/h1-6,8-9,16,22,25H,7,10-12H2. The number of hydrogen-bond acceptors (Lipinski definition) is 4. The summed E-state index contributed by atoms with van der Waals surface area (Å²) in [5.74, 6) is -0.266. The second kappa shape index (κ2) is 6.74. The summed E-state index contributed by atoms with van der Waals surface area (Å²) in [5, 5.41) is 17.6. The monoisotopic (exact) mass is 338 g/mol. The van der Waals surface area contributed by atoms with Crippen molar-refractivity contribution in [1.82, 2.24) is 20.1 Å². The van der Waals surface area contributed by atoms with Crippen LogP contribution in [0.2, 0.25) is 0 Å². The Labute approximate surface area is 145 Å². The number of fused-ring (bicyclic) bond motifs is 1. The molecule has 6 heteroatoms. The van der Waals surface area contributed by atoms with Gasteiger partial charge in [0.1, 0.15) is 11.5 Å². The van der Waals surface area contributed by atoms with Crippen molar-refractivity contribution in [3.05, 3.63) is 60.3 Å². The third-order valence-electron chi connectivity index (χ3n) is 4.58. The van der Waals surface area contributed by atoms with Crippen molar-refractivity contribution in [2.24, 2.45) is 0 Å². The van der Waals surface area contributed by atoms with E-state index in [-0.39, 0.29) is 18.5 Å². The number of halogens is 1. The number of benzene rings is 1. The minimum absolute atomic E-state index is 0.100. The lowest BCUT2D eigenvalue weighted by Crippen LogP contribution is -2.34. The fourth-order valence-electron chi connectivity index (χ4n) is 3.39. The number of nitrogens with zero attached hydrogens (tertiary/aromatic N) is 3. The molecule has 0 fully saturated rings. The van der Waals surface area contributed by atoms with E-state index in [1.807, 2.05) is 16.8 Å². The number of pyridine rings is 1. The molecule has 0 spiro atoms. The van der Waals surface area contributed by atoms with Gasteiger partial charge in [0.15, 0.2) is 0 Å². The summed E-state index contributed by atoms with van der Waals surface area (Å²) in [6.07, 6.45) is 4.16. The van der Waals surface area contributed by atoms with Crippen LogP contribution in [0.5, 0.6) is 0 Å². The lowest BCUT2D eigenvalue weighted by molar-refractivity contribution is 0.237. The molecule has 128 valence electrons. The van der Waals surface area contributed by atoms with E-state index in [0.717, 1.165) is 34.6 Å². The van der Waals surface area contributed by atoms with Gasteiger partial charge in [0.25, 0.3) is 0 Å². The van der Waals surface area contributed by atoms with E-state index >= 15 is 0 Å². The average Bonchev–Trinajstić information content (AvgIpc) is 3.04. The third-order valence-corrected chi connectivity index (χ3v) is 4.58. The Bertz CT molecular complexity index is 861. The smallest absolute Gasteiger partial charge is 0.123 e. The fraction of sp³-hybridized carbons (Fsp3) is 0.263. The van der Waals surface area contributed by atoms with Crippen molar-refractivity contribution >= 4 is 0 Å². The molecule has 1 atom stereocenters. The van der Waals surface area contributed by atoms with E-state index < -0.39 is 0 Å². The Morgan fingerprint density at radius 1 is 1.12 bits per heavy atom. The van der Waals surface area contributed by atoms with Gasteiger partial charge in [-0.05, 0) is 48.4 Å². The highest BCUT2D eigenvalue weighted by Gasteiger charge is 2.27. The second-order valence-electron chi connectivity index (χ2n) is 6.15. The molecule has 4 rings (SSSR count). The number of aromatic nitrogens is 3. The molecule has 0 bridgehead atoms. The van der Waals surface area contributed by atoms with Gasteiger partial charge < -0.3 is 10.4 Å². The van der Waals surface area contributed by atoms with Crippen LogP contribution in [-0.2, 0) is 6.54 Å². The minimum atomic E-state index is -0.266. The van der Waals surface area contributed by atoms with Crippen molar-refractivity contribution in [3.63, 3.8) is 0 Å². The molecule has 1 aliphatic heterocycles. The van der Waals surface area contributed by atoms with Crippen LogP contribution < -0.4 is 5.32 Å². The lowest BCUT2D eigenvalue weighted by atomic mass is 9.98. The Kier molecular flexibility index (Phi) is 4.29. The summed E-state index contributed by atoms with van der Waals surface area (Å²) in [6.45, 7) is 1.59. The molecule has 0 amide bonds. The zero-order valence-electron chi connectivity index (χ0n) is 13.7. The molecule has 0 saturated heterocycles. The molecule has 3 aromatic rings. The van der Waals surface area contributed by atoms with E-state index in [1.54, 1.807) is 24.5 Å². The van der Waals surface area contributed by atoms with Gasteiger partial charge in [-0.2, -0.15) is 5.10 Å². The first kappa shape index (κ1) is 15.9. The van der Waals surface area contributed by atoms with E-state index in [0.29, 0.717) is 13.0 Å². The van der Waals surface area contributed by atoms with Crippen LogP contribution in [0.1, 0.15) is 18.2 Å². The largest absolute Gasteiger partial charge is 0.396 e. The van der Waals surface area contributed by atoms with Crippen LogP contribution in [0, 0.1) is 5.82 Å². The molecule has 1 unspecified atom stereocenters. The maximum Gasteiger partial charge on any atom is 0.123 e. The van der Waals surface area contributed by atoms with E-state index in [1.165, 1.54) is 12.1 Å². The molecule has 5 nitrogen and oxygen atoms in total. The molecule has 0 aliphatic carbocycles. The quantitative estimate of drug-likeness (QED) is 0.768. The Hall–Kier alpha value is -2.57. The van der Waals surface area contributed by atoms with Crippen LogP contribution in [0.25, 0.3) is 22.4 Å². The van der Waals surface area contributed by atoms with Crippen LogP contribution in [0.3, 0.4) is 0 Å². The molecule has 0 radical (unpaired) electrons. The van der Waals surface area contributed by atoms with Gasteiger partial charge in [0.05, 0.1) is 11.7 Å². The summed E-state index contributed by atoms with van der Waals surface area (Å²) in [4.78, 5) is 4.10. The van der Waals surface area contributed by atoms with Crippen LogP contribution in [-0.4, -0.2) is 33.0 Å². The van der Waals surface area contributed by atoms with Gasteiger partial charge in [-0.1, -0.05) is 0 Å². The number of rotatable bonds is 4. The first-order valence-corrected chi connectivity index (χ1v) is 8.37. The summed E-state index contributed by atoms with van der Waals surface area (Å²) >= 11 is 0. The van der Waals surface area contributed by atoms with E-state index in [9.17, 15) is 9.50 Å². The minimum Gasteiger partial charge on any atom is -0.396 e. The highest BCUT2D eigenvalue weighted by molar-refractivity contribution is 5.82. The van der Waals surface area contributed by atoms with Crippen LogP contribution >= 0.6 is 0 Å². The van der Waals surface area contributed by atoms with E-state index in [2.05, 4.69) is 10.3 Å². The van der Waals surface area contributed by atoms with Crippen molar-refractivity contribution in [3.8, 4) is 22.4 Å². The number of aliphatic hydroxyl groups excluding tert-OH is 1. The van der Waals surface area contributed by atoms with Gasteiger partial charge in [0.2, 0.25) is 0 Å². The second-order valence-corrected chi connectivity index (χ2v) is 6.15. The van der Waals surface area contributed by atoms with Gasteiger partial charge >= 0.3 is 0 Å². The van der Waals surface area contributed by atoms with Gasteiger partial charge in [-0.25, -0.2) is 4.39 Å². The van der Waals surface area contributed by atoms with Gasteiger partial charge in [-0.3, -0.25) is 9.67 Å². The summed E-state index contributed by atoms with van der Waals surface area (Å²) < 4.78 is 15.4. The highest BCUT2D eigenvalue weighted by atomic mass is 19.1. The highest BCUT2D eigenvalue weighted by Crippen LogP contribution is 2.37. The number of hydrogen-bond donors (Lipinski definition) is 2. The van der Waals surface area contributed by atoms with Gasteiger partial charge in [0, 0.05) is 43.2 Å². The third kappa shape index (κ3) is 2.94. The molecule has 2 aromatic heterocycles. The Morgan fingerprint density at radius 2 is 1.88 bits per heavy atom. The maximum absolute atomic E-state index is 13.3. The van der Waals surface area contributed by atoms with Crippen molar-refractivity contribution in [1.29, 1.82) is 0 Å². The summed E-state index contributed by atoms with van der Waals surface area (Å²) in [5.41, 5.74) is 4.84. The topological polar surface area (TPSA) is 63.0 Å². The summed E-state index contributed by atoms with van der Waals surface area (Å²) in [6, 6.07) is 10.4. The van der Waals surface area contributed by atoms with Gasteiger partial charge in [-0.15, -0.1) is 0 Å². The maximum atomic E-state index is 13.3. The van der Waals surface area contributed by atoms with Crippen molar-refractivity contribution < 1.29 is 9.50 Å². The average molecular weight is 338 g/mol. The molecular formula is C19H19FN4O. The normalized spacial score (nSPS) is 16.6. The predicted octanol–water partition coefficient (Wildman–Crippen LogP) is 2.78. The zero-order valence-corrected chi connectivity index (χ0v) is 13.7. The van der Waals surface area contributed by atoms with Crippen molar-refractivity contribution in [2.45, 2.75) is 19.0 Å². The fourth-order valence-corrected chi connectivity index (χ4v) is 3.39.